The largest absolute Gasteiger partial charge is 0.493 e. The van der Waals surface area contributed by atoms with Gasteiger partial charge in [0, 0.05) is 4.88 Å². The molecule has 0 aliphatic rings. The van der Waals surface area contributed by atoms with Gasteiger partial charge in [0.2, 0.25) is 11.5 Å². The Morgan fingerprint density at radius 2 is 1.92 bits per heavy atom. The molecular weight excluding hydrogens is 340 g/mol. The summed E-state index contributed by atoms with van der Waals surface area (Å²) in [7, 11) is 1.45. The van der Waals surface area contributed by atoms with E-state index in [9.17, 15) is 9.59 Å². The number of benzene rings is 1. The van der Waals surface area contributed by atoms with Gasteiger partial charge in [-0.2, -0.15) is 5.10 Å². The number of thiophene rings is 1. The van der Waals surface area contributed by atoms with E-state index in [0.717, 1.165) is 10.6 Å². The van der Waals surface area contributed by atoms with Crippen molar-refractivity contribution in [2.75, 3.05) is 13.7 Å². The first-order chi connectivity index (χ1) is 12.1. The van der Waals surface area contributed by atoms with Gasteiger partial charge in [0.05, 0.1) is 23.9 Å². The molecule has 0 saturated heterocycles. The van der Waals surface area contributed by atoms with Gasteiger partial charge in [-0.05, 0) is 31.2 Å². The number of aryl methyl sites for hydroxylation is 1. The molecule has 25 heavy (non-hydrogen) atoms. The minimum Gasteiger partial charge on any atom is -0.493 e. The van der Waals surface area contributed by atoms with Crippen molar-refractivity contribution in [1.82, 2.24) is 9.78 Å². The van der Waals surface area contributed by atoms with Crippen molar-refractivity contribution in [3.63, 3.8) is 0 Å². The van der Waals surface area contributed by atoms with Gasteiger partial charge in [0.15, 0.2) is 12.4 Å². The Bertz CT molecular complexity index is 899. The van der Waals surface area contributed by atoms with Gasteiger partial charge in [0.1, 0.15) is 0 Å². The number of esters is 1. The molecule has 0 radical (unpaired) electrons. The zero-order valence-corrected chi connectivity index (χ0v) is 14.6. The number of methoxy groups -OCH3 is 1. The Labute approximate surface area is 148 Å². The van der Waals surface area contributed by atoms with Gasteiger partial charge in [-0.1, -0.05) is 18.2 Å². The monoisotopic (exact) mass is 356 g/mol. The molecule has 128 valence electrons. The minimum absolute atomic E-state index is 0.0292. The Balaban J connectivity index is 1.73. The Kier molecular flexibility index (Phi) is 4.95. The molecule has 0 atom stereocenters. The van der Waals surface area contributed by atoms with Gasteiger partial charge < -0.3 is 9.47 Å². The number of ether oxygens (including phenoxy) is 2. The number of aromatic nitrogens is 2. The molecule has 0 N–H and O–H groups in total. The predicted molar refractivity (Wildman–Crippen MR) is 93.8 cm³/mol. The molecule has 2 heterocycles. The van der Waals surface area contributed by atoms with E-state index in [1.165, 1.54) is 23.1 Å². The molecule has 0 bridgehead atoms. The van der Waals surface area contributed by atoms with Crippen LogP contribution in [0.25, 0.3) is 5.69 Å². The number of para-hydroxylation sites is 1. The molecule has 3 rings (SSSR count). The molecule has 0 unspecified atom stereocenters. The summed E-state index contributed by atoms with van der Waals surface area (Å²) in [6.07, 6.45) is 1.59. The molecule has 3 aromatic rings. The molecule has 6 nitrogen and oxygen atoms in total. The van der Waals surface area contributed by atoms with Crippen molar-refractivity contribution in [3.05, 3.63) is 64.1 Å². The molecule has 0 aliphatic heterocycles. The summed E-state index contributed by atoms with van der Waals surface area (Å²) in [5.74, 6) is -0.658. The summed E-state index contributed by atoms with van der Waals surface area (Å²) in [6, 6.07) is 12.9. The minimum atomic E-state index is -0.701. The quantitative estimate of drug-likeness (QED) is 0.501. The summed E-state index contributed by atoms with van der Waals surface area (Å²) in [5.41, 5.74) is 0.812. The Morgan fingerprint density at radius 3 is 2.56 bits per heavy atom. The van der Waals surface area contributed by atoms with Crippen LogP contribution in [0.3, 0.4) is 0 Å². The van der Waals surface area contributed by atoms with Gasteiger partial charge >= 0.3 is 5.97 Å². The van der Waals surface area contributed by atoms with Crippen LogP contribution >= 0.6 is 11.3 Å². The van der Waals surface area contributed by atoms with E-state index in [-0.39, 0.29) is 23.8 Å². The molecule has 7 heteroatoms. The smallest absolute Gasteiger partial charge is 0.363 e. The van der Waals surface area contributed by atoms with Crippen molar-refractivity contribution in [3.8, 4) is 11.4 Å². The average Bonchev–Trinajstić information content (AvgIpc) is 3.26. The number of carbonyl (C=O) groups excluding carboxylic acids is 2. The van der Waals surface area contributed by atoms with Crippen LogP contribution in [0.15, 0.2) is 48.7 Å². The lowest BCUT2D eigenvalue weighted by Gasteiger charge is -2.02. The first-order valence-electron chi connectivity index (χ1n) is 7.54. The fourth-order valence-corrected chi connectivity index (χ4v) is 3.01. The van der Waals surface area contributed by atoms with Crippen LogP contribution < -0.4 is 4.74 Å². The second-order valence-corrected chi connectivity index (χ2v) is 6.52. The zero-order chi connectivity index (χ0) is 17.8. The van der Waals surface area contributed by atoms with E-state index in [1.54, 1.807) is 12.3 Å². The normalized spacial score (nSPS) is 10.5. The van der Waals surface area contributed by atoms with Crippen LogP contribution in [0.2, 0.25) is 0 Å². The molecule has 0 amide bonds. The maximum atomic E-state index is 12.3. The molecule has 1 aromatic carbocycles. The Hall–Kier alpha value is -2.93. The summed E-state index contributed by atoms with van der Waals surface area (Å²) in [5, 5.41) is 4.21. The van der Waals surface area contributed by atoms with Gasteiger partial charge in [-0.15, -0.1) is 11.3 Å². The number of ketones is 1. The molecule has 2 aromatic heterocycles. The third-order valence-electron chi connectivity index (χ3n) is 3.46. The van der Waals surface area contributed by atoms with E-state index in [2.05, 4.69) is 5.10 Å². The highest BCUT2D eigenvalue weighted by molar-refractivity contribution is 7.14. The lowest BCUT2D eigenvalue weighted by atomic mass is 10.3. The second-order valence-electron chi connectivity index (χ2n) is 5.24. The third kappa shape index (κ3) is 3.77. The fourth-order valence-electron chi connectivity index (χ4n) is 2.22. The van der Waals surface area contributed by atoms with E-state index >= 15 is 0 Å². The summed E-state index contributed by atoms with van der Waals surface area (Å²) in [4.78, 5) is 25.9. The molecule has 0 fully saturated rings. The topological polar surface area (TPSA) is 70.4 Å². The summed E-state index contributed by atoms with van der Waals surface area (Å²) < 4.78 is 11.8. The maximum absolute atomic E-state index is 12.3. The number of carbonyl (C=O) groups is 2. The molecule has 0 aliphatic carbocycles. The van der Waals surface area contributed by atoms with Crippen LogP contribution in [0.4, 0.5) is 0 Å². The first kappa shape index (κ1) is 16.9. The number of rotatable bonds is 6. The van der Waals surface area contributed by atoms with Crippen LogP contribution in [-0.4, -0.2) is 35.2 Å². The fraction of sp³-hybridized carbons (Fsp3) is 0.167. The Morgan fingerprint density at radius 1 is 1.16 bits per heavy atom. The highest BCUT2D eigenvalue weighted by Gasteiger charge is 2.21. The standard InChI is InChI=1S/C18H16N2O4S/c1-12-8-9-16(25-12)14(21)11-24-18(22)17-15(23-2)10-20(19-17)13-6-4-3-5-7-13/h3-10H,11H2,1-2H3. The van der Waals surface area contributed by atoms with Crippen molar-refractivity contribution in [1.29, 1.82) is 0 Å². The van der Waals surface area contributed by atoms with Crippen LogP contribution in [-0.2, 0) is 4.74 Å². The lowest BCUT2D eigenvalue weighted by Crippen LogP contribution is -2.14. The third-order valence-corrected chi connectivity index (χ3v) is 4.51. The second kappa shape index (κ2) is 7.31. The van der Waals surface area contributed by atoms with Crippen molar-refractivity contribution in [2.24, 2.45) is 0 Å². The summed E-state index contributed by atoms with van der Waals surface area (Å²) in [6.45, 7) is 1.58. The molecule has 0 saturated carbocycles. The predicted octanol–water partition coefficient (Wildman–Crippen LogP) is 3.29. The van der Waals surface area contributed by atoms with E-state index in [4.69, 9.17) is 9.47 Å². The van der Waals surface area contributed by atoms with Gasteiger partial charge in [-0.3, -0.25) is 4.79 Å². The summed E-state index contributed by atoms with van der Waals surface area (Å²) >= 11 is 1.37. The number of hydrogen-bond acceptors (Lipinski definition) is 6. The first-order valence-corrected chi connectivity index (χ1v) is 8.36. The highest BCUT2D eigenvalue weighted by atomic mass is 32.1. The highest BCUT2D eigenvalue weighted by Crippen LogP contribution is 2.21. The number of nitrogens with zero attached hydrogens (tertiary/aromatic N) is 2. The molecule has 0 spiro atoms. The maximum Gasteiger partial charge on any atom is 0.363 e. The van der Waals surface area contributed by atoms with E-state index in [1.807, 2.05) is 43.3 Å². The van der Waals surface area contributed by atoms with E-state index in [0.29, 0.717) is 4.88 Å². The van der Waals surface area contributed by atoms with Crippen LogP contribution in [0, 0.1) is 6.92 Å². The number of hydrogen-bond donors (Lipinski definition) is 0. The van der Waals surface area contributed by atoms with Gasteiger partial charge in [0.25, 0.3) is 0 Å². The van der Waals surface area contributed by atoms with Crippen molar-refractivity contribution in [2.45, 2.75) is 6.92 Å². The van der Waals surface area contributed by atoms with Crippen molar-refractivity contribution < 1.29 is 19.1 Å². The van der Waals surface area contributed by atoms with Gasteiger partial charge in [-0.25, -0.2) is 9.48 Å². The van der Waals surface area contributed by atoms with Crippen molar-refractivity contribution >= 4 is 23.1 Å². The van der Waals surface area contributed by atoms with Crippen LogP contribution in [0.1, 0.15) is 25.0 Å². The SMILES string of the molecule is COc1cn(-c2ccccc2)nc1C(=O)OCC(=O)c1ccc(C)s1. The molecular formula is C18H16N2O4S. The van der Waals surface area contributed by atoms with Crippen LogP contribution in [0.5, 0.6) is 5.75 Å². The number of Topliss-reactive ketones (excluding diaryl/α,β-unsaturated/α-hetero) is 1. The average molecular weight is 356 g/mol. The lowest BCUT2D eigenvalue weighted by molar-refractivity contribution is 0.0466. The van der Waals surface area contributed by atoms with E-state index < -0.39 is 5.97 Å². The zero-order valence-electron chi connectivity index (χ0n) is 13.8.